The van der Waals surface area contributed by atoms with Crippen molar-refractivity contribution in [3.05, 3.63) is 36.8 Å². The molecule has 0 saturated carbocycles. The second kappa shape index (κ2) is 6.07. The molecule has 2 rings (SSSR count). The Morgan fingerprint density at radius 3 is 2.56 bits per heavy atom. The Kier molecular flexibility index (Phi) is 4.20. The lowest BCUT2D eigenvalue weighted by molar-refractivity contribution is 0.425. The fourth-order valence-electron chi connectivity index (χ4n) is 1.47. The first-order valence-electron chi connectivity index (χ1n) is 5.88. The van der Waals surface area contributed by atoms with Gasteiger partial charge in [-0.15, -0.1) is 0 Å². The molecule has 5 nitrogen and oxygen atoms in total. The number of hydrogen-bond donors (Lipinski definition) is 1. The highest BCUT2D eigenvalue weighted by Crippen LogP contribution is 2.12. The minimum Gasteiger partial charge on any atom is -0.368 e. The lowest BCUT2D eigenvalue weighted by Gasteiger charge is -2.10. The number of aromatic nitrogens is 3. The van der Waals surface area contributed by atoms with Crippen LogP contribution in [0.1, 0.15) is 0 Å². The number of rotatable bonds is 5. The van der Waals surface area contributed by atoms with Gasteiger partial charge in [0, 0.05) is 19.3 Å². The predicted octanol–water partition coefficient (Wildman–Crippen LogP) is 1.51. The fraction of sp³-hybridized carbons (Fsp3) is 0.308. The zero-order valence-electron chi connectivity index (χ0n) is 10.7. The van der Waals surface area contributed by atoms with Gasteiger partial charge in [-0.25, -0.2) is 9.97 Å². The summed E-state index contributed by atoms with van der Waals surface area (Å²) in [5.74, 6) is 0.788. The van der Waals surface area contributed by atoms with E-state index in [1.807, 2.05) is 32.3 Å². The Bertz CT molecular complexity index is 467. The number of nitrogens with one attached hydrogen (secondary N) is 1. The molecule has 0 aliphatic carbocycles. The first kappa shape index (κ1) is 12.4. The molecule has 0 fully saturated rings. The van der Waals surface area contributed by atoms with Gasteiger partial charge in [-0.3, -0.25) is 4.98 Å². The molecule has 0 aromatic carbocycles. The van der Waals surface area contributed by atoms with Crippen molar-refractivity contribution >= 4 is 5.82 Å². The molecule has 0 aliphatic heterocycles. The Morgan fingerprint density at radius 2 is 1.94 bits per heavy atom. The van der Waals surface area contributed by atoms with E-state index in [9.17, 15) is 0 Å². The smallest absolute Gasteiger partial charge is 0.144 e. The molecule has 0 amide bonds. The molecule has 0 radical (unpaired) electrons. The first-order valence-corrected chi connectivity index (χ1v) is 5.88. The highest BCUT2D eigenvalue weighted by Gasteiger charge is 2.01. The quantitative estimate of drug-likeness (QED) is 0.862. The van der Waals surface area contributed by atoms with E-state index in [0.717, 1.165) is 30.3 Å². The van der Waals surface area contributed by atoms with Crippen LogP contribution < -0.4 is 5.32 Å². The van der Waals surface area contributed by atoms with Gasteiger partial charge in [-0.1, -0.05) is 6.07 Å². The third kappa shape index (κ3) is 3.49. The summed E-state index contributed by atoms with van der Waals surface area (Å²) in [6, 6.07) is 5.74. The molecule has 94 valence electrons. The highest BCUT2D eigenvalue weighted by molar-refractivity contribution is 5.53. The van der Waals surface area contributed by atoms with E-state index < -0.39 is 0 Å². The minimum absolute atomic E-state index is 0.786. The van der Waals surface area contributed by atoms with E-state index in [1.54, 1.807) is 18.6 Å². The number of likely N-dealkylation sites (N-methyl/N-ethyl adjacent to an activating group) is 1. The topological polar surface area (TPSA) is 53.9 Å². The van der Waals surface area contributed by atoms with Gasteiger partial charge < -0.3 is 10.2 Å². The maximum atomic E-state index is 4.35. The van der Waals surface area contributed by atoms with Crippen LogP contribution in [0.2, 0.25) is 0 Å². The summed E-state index contributed by atoms with van der Waals surface area (Å²) in [4.78, 5) is 15.0. The summed E-state index contributed by atoms with van der Waals surface area (Å²) >= 11 is 0. The van der Waals surface area contributed by atoms with E-state index >= 15 is 0 Å². The lowest BCUT2D eigenvalue weighted by Crippen LogP contribution is -2.21. The van der Waals surface area contributed by atoms with Gasteiger partial charge in [0.2, 0.25) is 0 Å². The van der Waals surface area contributed by atoms with Crippen molar-refractivity contribution in [1.82, 2.24) is 19.9 Å². The SMILES string of the molecule is CN(C)CCNc1cnc(-c2ccccn2)cn1. The molecule has 0 unspecified atom stereocenters. The average molecular weight is 243 g/mol. The summed E-state index contributed by atoms with van der Waals surface area (Å²) in [6.07, 6.45) is 5.22. The average Bonchev–Trinajstić information content (AvgIpc) is 2.40. The second-order valence-corrected chi connectivity index (χ2v) is 4.23. The van der Waals surface area contributed by atoms with Crippen molar-refractivity contribution < 1.29 is 0 Å². The molecule has 5 heteroatoms. The summed E-state index contributed by atoms with van der Waals surface area (Å²) in [5.41, 5.74) is 1.62. The standard InChI is InChI=1S/C13H17N5/c1-18(2)8-7-15-13-10-16-12(9-17-13)11-5-3-4-6-14-11/h3-6,9-10H,7-8H2,1-2H3,(H,15,17). The van der Waals surface area contributed by atoms with Crippen LogP contribution in [0.15, 0.2) is 36.8 Å². The zero-order valence-corrected chi connectivity index (χ0v) is 10.7. The van der Waals surface area contributed by atoms with E-state index in [1.165, 1.54) is 0 Å². The number of pyridine rings is 1. The van der Waals surface area contributed by atoms with Crippen molar-refractivity contribution in [3.63, 3.8) is 0 Å². The van der Waals surface area contributed by atoms with Crippen molar-refractivity contribution in [2.45, 2.75) is 0 Å². The molecule has 0 atom stereocenters. The summed E-state index contributed by atoms with van der Waals surface area (Å²) in [6.45, 7) is 1.81. The van der Waals surface area contributed by atoms with Crippen molar-refractivity contribution in [3.8, 4) is 11.4 Å². The normalized spacial score (nSPS) is 10.6. The van der Waals surface area contributed by atoms with Crippen molar-refractivity contribution in [2.24, 2.45) is 0 Å². The van der Waals surface area contributed by atoms with Crippen LogP contribution >= 0.6 is 0 Å². The van der Waals surface area contributed by atoms with Crippen LogP contribution in [0.5, 0.6) is 0 Å². The van der Waals surface area contributed by atoms with E-state index in [0.29, 0.717) is 0 Å². The lowest BCUT2D eigenvalue weighted by atomic mass is 10.3. The predicted molar refractivity (Wildman–Crippen MR) is 72.3 cm³/mol. The monoisotopic (exact) mass is 243 g/mol. The number of hydrogen-bond acceptors (Lipinski definition) is 5. The van der Waals surface area contributed by atoms with Gasteiger partial charge in [-0.2, -0.15) is 0 Å². The Labute approximate surface area is 107 Å². The molecule has 0 saturated heterocycles. The summed E-state index contributed by atoms with van der Waals surface area (Å²) in [7, 11) is 4.08. The molecular weight excluding hydrogens is 226 g/mol. The Hall–Kier alpha value is -2.01. The van der Waals surface area contributed by atoms with E-state index in [4.69, 9.17) is 0 Å². The molecule has 0 aliphatic rings. The van der Waals surface area contributed by atoms with Crippen LogP contribution in [-0.2, 0) is 0 Å². The largest absolute Gasteiger partial charge is 0.368 e. The third-order valence-corrected chi connectivity index (χ3v) is 2.44. The van der Waals surface area contributed by atoms with E-state index in [2.05, 4.69) is 25.2 Å². The molecule has 0 bridgehead atoms. The molecule has 0 spiro atoms. The van der Waals surface area contributed by atoms with Crippen molar-refractivity contribution in [1.29, 1.82) is 0 Å². The summed E-state index contributed by atoms with van der Waals surface area (Å²) < 4.78 is 0. The summed E-state index contributed by atoms with van der Waals surface area (Å²) in [5, 5.41) is 3.22. The number of anilines is 1. The zero-order chi connectivity index (χ0) is 12.8. The molecule has 18 heavy (non-hydrogen) atoms. The van der Waals surface area contributed by atoms with Crippen LogP contribution in [0.4, 0.5) is 5.82 Å². The van der Waals surface area contributed by atoms with Crippen molar-refractivity contribution in [2.75, 3.05) is 32.5 Å². The minimum atomic E-state index is 0.786. The Morgan fingerprint density at radius 1 is 1.06 bits per heavy atom. The molecule has 1 N–H and O–H groups in total. The molecule has 2 aromatic heterocycles. The highest BCUT2D eigenvalue weighted by atomic mass is 15.1. The maximum absolute atomic E-state index is 4.35. The van der Waals surface area contributed by atoms with Crippen LogP contribution in [0.3, 0.4) is 0 Å². The van der Waals surface area contributed by atoms with Gasteiger partial charge in [0.15, 0.2) is 0 Å². The van der Waals surface area contributed by atoms with Gasteiger partial charge in [0.1, 0.15) is 11.5 Å². The second-order valence-electron chi connectivity index (χ2n) is 4.23. The van der Waals surface area contributed by atoms with Crippen LogP contribution in [0.25, 0.3) is 11.4 Å². The van der Waals surface area contributed by atoms with Crippen LogP contribution in [0, 0.1) is 0 Å². The number of nitrogens with zero attached hydrogens (tertiary/aromatic N) is 4. The van der Waals surface area contributed by atoms with Gasteiger partial charge in [0.05, 0.1) is 18.1 Å². The third-order valence-electron chi connectivity index (χ3n) is 2.44. The van der Waals surface area contributed by atoms with Gasteiger partial charge in [-0.05, 0) is 26.2 Å². The fourth-order valence-corrected chi connectivity index (χ4v) is 1.47. The molecule has 2 aromatic rings. The molecule has 2 heterocycles. The molecular formula is C13H17N5. The van der Waals surface area contributed by atoms with Gasteiger partial charge >= 0.3 is 0 Å². The van der Waals surface area contributed by atoms with Crippen LogP contribution in [-0.4, -0.2) is 47.0 Å². The Balaban J connectivity index is 1.98. The maximum Gasteiger partial charge on any atom is 0.144 e. The van der Waals surface area contributed by atoms with E-state index in [-0.39, 0.29) is 0 Å². The van der Waals surface area contributed by atoms with Gasteiger partial charge in [0.25, 0.3) is 0 Å². The first-order chi connectivity index (χ1) is 8.75.